The zero-order valence-corrected chi connectivity index (χ0v) is 11.3. The van der Waals surface area contributed by atoms with Gasteiger partial charge in [0.05, 0.1) is 0 Å². The molecule has 0 aromatic carbocycles. The number of aromatic nitrogens is 1. The minimum Gasteiger partial charge on any atom is -0.318 e. The molecule has 1 atom stereocenters. The van der Waals surface area contributed by atoms with Gasteiger partial charge in [0.25, 0.3) is 0 Å². The molecule has 1 aromatic heterocycles. The van der Waals surface area contributed by atoms with Crippen LogP contribution in [-0.2, 0) is 6.42 Å². The standard InChI is InChI=1S/C14H25N3/c1-4-5-14(12-15-2)17(3)11-8-13-6-9-16-10-7-13/h6-7,9-10,14-15H,4-5,8,11-12H2,1-3H3. The van der Waals surface area contributed by atoms with Crippen LogP contribution in [0.1, 0.15) is 25.3 Å². The maximum Gasteiger partial charge on any atom is 0.0270 e. The van der Waals surface area contributed by atoms with Crippen LogP contribution in [0.5, 0.6) is 0 Å². The zero-order valence-electron chi connectivity index (χ0n) is 11.3. The number of nitrogens with one attached hydrogen (secondary N) is 1. The summed E-state index contributed by atoms with van der Waals surface area (Å²) < 4.78 is 0. The highest BCUT2D eigenvalue weighted by Gasteiger charge is 2.12. The number of nitrogens with zero attached hydrogens (tertiary/aromatic N) is 2. The molecule has 0 spiro atoms. The molecule has 1 rings (SSSR count). The van der Waals surface area contributed by atoms with Crippen LogP contribution >= 0.6 is 0 Å². The smallest absolute Gasteiger partial charge is 0.0270 e. The maximum absolute atomic E-state index is 4.04. The van der Waals surface area contributed by atoms with Crippen LogP contribution in [0.4, 0.5) is 0 Å². The van der Waals surface area contributed by atoms with Crippen LogP contribution in [0.15, 0.2) is 24.5 Å². The van der Waals surface area contributed by atoms with Crippen molar-refractivity contribution < 1.29 is 0 Å². The van der Waals surface area contributed by atoms with E-state index in [0.717, 1.165) is 19.5 Å². The predicted octanol–water partition coefficient (Wildman–Crippen LogP) is 1.94. The number of likely N-dealkylation sites (N-methyl/N-ethyl adjacent to an activating group) is 2. The molecule has 0 amide bonds. The molecule has 0 saturated carbocycles. The molecule has 17 heavy (non-hydrogen) atoms. The molecule has 0 fully saturated rings. The lowest BCUT2D eigenvalue weighted by Gasteiger charge is -2.27. The molecule has 0 radical (unpaired) electrons. The third-order valence-corrected chi connectivity index (χ3v) is 3.19. The van der Waals surface area contributed by atoms with Crippen LogP contribution in [0.2, 0.25) is 0 Å². The van der Waals surface area contributed by atoms with Crippen molar-refractivity contribution in [2.45, 2.75) is 32.2 Å². The van der Waals surface area contributed by atoms with Crippen LogP contribution < -0.4 is 5.32 Å². The summed E-state index contributed by atoms with van der Waals surface area (Å²) in [6, 6.07) is 4.84. The van der Waals surface area contributed by atoms with Crippen LogP contribution in [0.25, 0.3) is 0 Å². The highest BCUT2D eigenvalue weighted by atomic mass is 15.1. The Balaban J connectivity index is 2.38. The molecular formula is C14H25N3. The van der Waals surface area contributed by atoms with E-state index in [0.29, 0.717) is 6.04 Å². The lowest BCUT2D eigenvalue weighted by atomic mass is 10.1. The number of rotatable bonds is 8. The molecule has 3 heteroatoms. The molecule has 1 heterocycles. The van der Waals surface area contributed by atoms with E-state index in [-0.39, 0.29) is 0 Å². The topological polar surface area (TPSA) is 28.2 Å². The summed E-state index contributed by atoms with van der Waals surface area (Å²) in [7, 11) is 4.25. The Bertz CT molecular complexity index is 281. The van der Waals surface area contributed by atoms with E-state index in [1.54, 1.807) is 0 Å². The van der Waals surface area contributed by atoms with Crippen molar-refractivity contribution in [1.29, 1.82) is 0 Å². The fraction of sp³-hybridized carbons (Fsp3) is 0.643. The summed E-state index contributed by atoms with van der Waals surface area (Å²) in [5, 5.41) is 3.28. The minimum absolute atomic E-state index is 0.645. The van der Waals surface area contributed by atoms with Gasteiger partial charge in [-0.15, -0.1) is 0 Å². The van der Waals surface area contributed by atoms with Gasteiger partial charge in [0.2, 0.25) is 0 Å². The Morgan fingerprint density at radius 2 is 2.06 bits per heavy atom. The molecule has 1 aromatic rings. The third-order valence-electron chi connectivity index (χ3n) is 3.19. The van der Waals surface area contributed by atoms with Gasteiger partial charge in [-0.05, 0) is 44.6 Å². The molecule has 0 aliphatic rings. The van der Waals surface area contributed by atoms with Crippen molar-refractivity contribution in [2.75, 3.05) is 27.2 Å². The minimum atomic E-state index is 0.645. The summed E-state index contributed by atoms with van der Waals surface area (Å²) >= 11 is 0. The number of hydrogen-bond acceptors (Lipinski definition) is 3. The molecule has 3 nitrogen and oxygen atoms in total. The highest BCUT2D eigenvalue weighted by Crippen LogP contribution is 2.06. The molecule has 0 saturated heterocycles. The van der Waals surface area contributed by atoms with Gasteiger partial charge < -0.3 is 10.2 Å². The predicted molar refractivity (Wildman–Crippen MR) is 73.2 cm³/mol. The van der Waals surface area contributed by atoms with Crippen molar-refractivity contribution in [3.05, 3.63) is 30.1 Å². The lowest BCUT2D eigenvalue weighted by Crippen LogP contribution is -2.40. The maximum atomic E-state index is 4.04. The first-order chi connectivity index (χ1) is 8.27. The van der Waals surface area contributed by atoms with Gasteiger partial charge >= 0.3 is 0 Å². The third kappa shape index (κ3) is 5.29. The number of pyridine rings is 1. The fourth-order valence-electron chi connectivity index (χ4n) is 2.08. The fourth-order valence-corrected chi connectivity index (χ4v) is 2.08. The quantitative estimate of drug-likeness (QED) is 0.746. The van der Waals surface area contributed by atoms with Crippen LogP contribution in [0.3, 0.4) is 0 Å². The largest absolute Gasteiger partial charge is 0.318 e. The summed E-state index contributed by atoms with van der Waals surface area (Å²) in [5.41, 5.74) is 1.37. The van der Waals surface area contributed by atoms with Crippen LogP contribution in [-0.4, -0.2) is 43.1 Å². The second-order valence-corrected chi connectivity index (χ2v) is 4.59. The SMILES string of the molecule is CCCC(CNC)N(C)CCc1ccncc1. The zero-order chi connectivity index (χ0) is 12.5. The highest BCUT2D eigenvalue weighted by molar-refractivity contribution is 5.09. The molecular weight excluding hydrogens is 210 g/mol. The van der Waals surface area contributed by atoms with Crippen molar-refractivity contribution in [3.8, 4) is 0 Å². The van der Waals surface area contributed by atoms with E-state index >= 15 is 0 Å². The second-order valence-electron chi connectivity index (χ2n) is 4.59. The van der Waals surface area contributed by atoms with E-state index < -0.39 is 0 Å². The summed E-state index contributed by atoms with van der Waals surface area (Å²) in [6.45, 7) is 4.43. The van der Waals surface area contributed by atoms with Gasteiger partial charge in [0, 0.05) is 31.5 Å². The first kappa shape index (κ1) is 14.1. The van der Waals surface area contributed by atoms with Gasteiger partial charge in [0.1, 0.15) is 0 Å². The summed E-state index contributed by atoms with van der Waals surface area (Å²) in [4.78, 5) is 6.50. The van der Waals surface area contributed by atoms with Gasteiger partial charge in [-0.3, -0.25) is 4.98 Å². The molecule has 1 N–H and O–H groups in total. The van der Waals surface area contributed by atoms with Crippen molar-refractivity contribution >= 4 is 0 Å². The lowest BCUT2D eigenvalue weighted by molar-refractivity contribution is 0.228. The van der Waals surface area contributed by atoms with Gasteiger partial charge in [0.15, 0.2) is 0 Å². The normalized spacial score (nSPS) is 12.9. The molecule has 1 unspecified atom stereocenters. The van der Waals surface area contributed by atoms with Gasteiger partial charge in [-0.25, -0.2) is 0 Å². The van der Waals surface area contributed by atoms with E-state index in [1.165, 1.54) is 18.4 Å². The Kier molecular flexibility index (Phi) is 6.82. The Labute approximate surface area is 105 Å². The molecule has 96 valence electrons. The first-order valence-corrected chi connectivity index (χ1v) is 6.51. The second kappa shape index (κ2) is 8.20. The monoisotopic (exact) mass is 235 g/mol. The Morgan fingerprint density at radius 1 is 1.35 bits per heavy atom. The van der Waals surface area contributed by atoms with Crippen molar-refractivity contribution in [1.82, 2.24) is 15.2 Å². The number of hydrogen-bond donors (Lipinski definition) is 1. The molecule has 0 aliphatic heterocycles. The Morgan fingerprint density at radius 3 is 2.65 bits per heavy atom. The van der Waals surface area contributed by atoms with E-state index in [9.17, 15) is 0 Å². The van der Waals surface area contributed by atoms with E-state index in [2.05, 4.69) is 41.3 Å². The average Bonchev–Trinajstić information content (AvgIpc) is 2.37. The van der Waals surface area contributed by atoms with Crippen molar-refractivity contribution in [2.24, 2.45) is 0 Å². The van der Waals surface area contributed by atoms with E-state index in [4.69, 9.17) is 0 Å². The van der Waals surface area contributed by atoms with Gasteiger partial charge in [-0.1, -0.05) is 13.3 Å². The Hall–Kier alpha value is -0.930. The van der Waals surface area contributed by atoms with Crippen LogP contribution in [0, 0.1) is 0 Å². The molecule has 0 bridgehead atoms. The van der Waals surface area contributed by atoms with E-state index in [1.807, 2.05) is 19.4 Å². The van der Waals surface area contributed by atoms with Crippen molar-refractivity contribution in [3.63, 3.8) is 0 Å². The summed E-state index contributed by atoms with van der Waals surface area (Å²) in [5.74, 6) is 0. The summed E-state index contributed by atoms with van der Waals surface area (Å²) in [6.07, 6.45) is 7.33. The average molecular weight is 235 g/mol. The molecule has 0 aliphatic carbocycles. The first-order valence-electron chi connectivity index (χ1n) is 6.51. The van der Waals surface area contributed by atoms with Gasteiger partial charge in [-0.2, -0.15) is 0 Å².